The van der Waals surface area contributed by atoms with Gasteiger partial charge >= 0.3 is 0 Å². The Morgan fingerprint density at radius 2 is 2.15 bits per heavy atom. The number of H-pyrrole nitrogens is 1. The molecule has 7 heteroatoms. The van der Waals surface area contributed by atoms with E-state index in [0.29, 0.717) is 11.3 Å². The number of amides is 2. The Balaban J connectivity index is 1.76. The van der Waals surface area contributed by atoms with Gasteiger partial charge in [0.15, 0.2) is 0 Å². The first kappa shape index (κ1) is 13.7. The highest BCUT2D eigenvalue weighted by molar-refractivity contribution is 5.94. The summed E-state index contributed by atoms with van der Waals surface area (Å²) in [6.07, 6.45) is 3.00. The maximum atomic E-state index is 12.9. The number of benzene rings is 1. The highest BCUT2D eigenvalue weighted by Crippen LogP contribution is 2.04. The molecule has 0 spiro atoms. The largest absolute Gasteiger partial charge is 0.347 e. The minimum atomic E-state index is -0.395. The Bertz CT molecular complexity index is 598. The second kappa shape index (κ2) is 6.46. The number of anilines is 1. The lowest BCUT2D eigenvalue weighted by Gasteiger charge is -2.05. The van der Waals surface area contributed by atoms with Gasteiger partial charge in [-0.2, -0.15) is 5.10 Å². The van der Waals surface area contributed by atoms with Gasteiger partial charge in [0.2, 0.25) is 11.8 Å². The van der Waals surface area contributed by atoms with Crippen molar-refractivity contribution in [1.29, 1.82) is 0 Å². The monoisotopic (exact) mass is 276 g/mol. The second-order valence-electron chi connectivity index (χ2n) is 4.12. The van der Waals surface area contributed by atoms with Gasteiger partial charge in [-0.15, -0.1) is 0 Å². The first-order valence-corrected chi connectivity index (χ1v) is 5.93. The van der Waals surface area contributed by atoms with Crippen LogP contribution in [0.1, 0.15) is 5.56 Å². The second-order valence-corrected chi connectivity index (χ2v) is 4.12. The molecule has 1 aromatic carbocycles. The number of hydrogen-bond acceptors (Lipinski definition) is 3. The maximum Gasteiger partial charge on any atom is 0.243 e. The molecule has 0 aliphatic heterocycles. The maximum absolute atomic E-state index is 12.9. The summed E-state index contributed by atoms with van der Waals surface area (Å²) in [6.45, 7) is -0.153. The Morgan fingerprint density at radius 3 is 2.85 bits per heavy atom. The van der Waals surface area contributed by atoms with Crippen molar-refractivity contribution in [1.82, 2.24) is 15.5 Å². The predicted octanol–water partition coefficient (Wildman–Crippen LogP) is 0.846. The molecule has 2 aromatic rings. The number of carbonyl (C=O) groups excluding carboxylic acids is 2. The van der Waals surface area contributed by atoms with Gasteiger partial charge < -0.3 is 10.6 Å². The van der Waals surface area contributed by atoms with Crippen molar-refractivity contribution in [2.75, 3.05) is 11.9 Å². The van der Waals surface area contributed by atoms with Gasteiger partial charge in [-0.05, 0) is 17.7 Å². The van der Waals surface area contributed by atoms with Crippen molar-refractivity contribution in [2.24, 2.45) is 0 Å². The fourth-order valence-electron chi connectivity index (χ4n) is 1.60. The van der Waals surface area contributed by atoms with Crippen LogP contribution in [0.4, 0.5) is 10.1 Å². The van der Waals surface area contributed by atoms with Gasteiger partial charge in [-0.1, -0.05) is 12.1 Å². The van der Waals surface area contributed by atoms with Crippen LogP contribution in [0, 0.1) is 5.82 Å². The molecule has 0 atom stereocenters. The van der Waals surface area contributed by atoms with Crippen molar-refractivity contribution in [2.45, 2.75) is 6.42 Å². The Hall–Kier alpha value is -2.70. The average molecular weight is 276 g/mol. The molecule has 0 saturated heterocycles. The standard InChI is InChI=1S/C13H13FN4O2/c14-10-3-1-2-9(4-10)5-12(19)15-8-13(20)18-11-6-16-17-7-11/h1-4,6-7H,5,8H2,(H,15,19)(H,16,17)(H,18,20). The molecule has 20 heavy (non-hydrogen) atoms. The van der Waals surface area contributed by atoms with Gasteiger partial charge in [0.05, 0.1) is 24.8 Å². The zero-order chi connectivity index (χ0) is 14.4. The van der Waals surface area contributed by atoms with Crippen LogP contribution < -0.4 is 10.6 Å². The summed E-state index contributed by atoms with van der Waals surface area (Å²) in [4.78, 5) is 23.1. The minimum Gasteiger partial charge on any atom is -0.347 e. The summed E-state index contributed by atoms with van der Waals surface area (Å²) in [5.41, 5.74) is 1.08. The quantitative estimate of drug-likeness (QED) is 0.756. The summed E-state index contributed by atoms with van der Waals surface area (Å²) in [5.74, 6) is -1.11. The molecule has 2 amide bonds. The third-order valence-electron chi connectivity index (χ3n) is 2.48. The molecule has 0 unspecified atom stereocenters. The van der Waals surface area contributed by atoms with Gasteiger partial charge in [0.1, 0.15) is 5.82 Å². The molecule has 0 aliphatic carbocycles. The van der Waals surface area contributed by atoms with Crippen LogP contribution in [0.3, 0.4) is 0 Å². The van der Waals surface area contributed by atoms with E-state index in [2.05, 4.69) is 20.8 Å². The number of rotatable bonds is 5. The van der Waals surface area contributed by atoms with E-state index in [0.717, 1.165) is 0 Å². The lowest BCUT2D eigenvalue weighted by molar-refractivity contribution is -0.123. The first-order chi connectivity index (χ1) is 9.63. The van der Waals surface area contributed by atoms with Crippen LogP contribution in [0.5, 0.6) is 0 Å². The van der Waals surface area contributed by atoms with Gasteiger partial charge in [-0.25, -0.2) is 4.39 Å². The Kier molecular flexibility index (Phi) is 4.43. The van der Waals surface area contributed by atoms with Gasteiger partial charge in [0, 0.05) is 6.20 Å². The number of carbonyl (C=O) groups is 2. The van der Waals surface area contributed by atoms with E-state index in [1.54, 1.807) is 6.07 Å². The van der Waals surface area contributed by atoms with Crippen LogP contribution in [-0.4, -0.2) is 28.6 Å². The van der Waals surface area contributed by atoms with Crippen molar-refractivity contribution in [3.05, 3.63) is 48.0 Å². The SMILES string of the molecule is O=C(Cc1cccc(F)c1)NCC(=O)Nc1cn[nH]c1. The molecule has 3 N–H and O–H groups in total. The van der Waals surface area contributed by atoms with E-state index >= 15 is 0 Å². The van der Waals surface area contributed by atoms with Crippen LogP contribution in [0.25, 0.3) is 0 Å². The number of nitrogens with zero attached hydrogens (tertiary/aromatic N) is 1. The normalized spacial score (nSPS) is 10.1. The third kappa shape index (κ3) is 4.20. The molecule has 6 nitrogen and oxygen atoms in total. The molecular formula is C13H13FN4O2. The Morgan fingerprint density at radius 1 is 1.30 bits per heavy atom. The number of aromatic amines is 1. The van der Waals surface area contributed by atoms with E-state index < -0.39 is 5.82 Å². The average Bonchev–Trinajstić information content (AvgIpc) is 2.89. The fourth-order valence-corrected chi connectivity index (χ4v) is 1.60. The number of nitrogens with one attached hydrogen (secondary N) is 3. The summed E-state index contributed by atoms with van der Waals surface area (Å²) in [7, 11) is 0. The lowest BCUT2D eigenvalue weighted by Crippen LogP contribution is -2.33. The highest BCUT2D eigenvalue weighted by atomic mass is 19.1. The molecular weight excluding hydrogens is 263 g/mol. The Labute approximate surface area is 114 Å². The van der Waals surface area contributed by atoms with Gasteiger partial charge in [-0.3, -0.25) is 14.7 Å². The molecule has 1 heterocycles. The minimum absolute atomic E-state index is 0.0246. The molecule has 0 aliphatic rings. The zero-order valence-electron chi connectivity index (χ0n) is 10.5. The third-order valence-corrected chi connectivity index (χ3v) is 2.48. The summed E-state index contributed by atoms with van der Waals surface area (Å²) in [6, 6.07) is 5.77. The van der Waals surface area contributed by atoms with Crippen LogP contribution >= 0.6 is 0 Å². The molecule has 104 valence electrons. The van der Waals surface area contributed by atoms with Crippen LogP contribution in [-0.2, 0) is 16.0 Å². The van der Waals surface area contributed by atoms with Gasteiger partial charge in [0.25, 0.3) is 0 Å². The number of aromatic nitrogens is 2. The molecule has 0 saturated carbocycles. The van der Waals surface area contributed by atoms with Crippen molar-refractivity contribution in [3.63, 3.8) is 0 Å². The summed E-state index contributed by atoms with van der Waals surface area (Å²) < 4.78 is 12.9. The molecule has 0 fully saturated rings. The van der Waals surface area contributed by atoms with E-state index in [4.69, 9.17) is 0 Å². The topological polar surface area (TPSA) is 86.9 Å². The number of halogens is 1. The van der Waals surface area contributed by atoms with Crippen molar-refractivity contribution >= 4 is 17.5 Å². The first-order valence-electron chi connectivity index (χ1n) is 5.93. The van der Waals surface area contributed by atoms with Crippen LogP contribution in [0.15, 0.2) is 36.7 Å². The summed E-state index contributed by atoms with van der Waals surface area (Å²) >= 11 is 0. The van der Waals surface area contributed by atoms with E-state index in [-0.39, 0.29) is 24.8 Å². The zero-order valence-corrected chi connectivity index (χ0v) is 10.5. The van der Waals surface area contributed by atoms with Crippen LogP contribution in [0.2, 0.25) is 0 Å². The number of hydrogen-bond donors (Lipinski definition) is 3. The highest BCUT2D eigenvalue weighted by Gasteiger charge is 2.07. The van der Waals surface area contributed by atoms with Crippen molar-refractivity contribution in [3.8, 4) is 0 Å². The lowest BCUT2D eigenvalue weighted by atomic mass is 10.1. The fraction of sp³-hybridized carbons (Fsp3) is 0.154. The summed E-state index contributed by atoms with van der Waals surface area (Å²) in [5, 5.41) is 11.2. The van der Waals surface area contributed by atoms with E-state index in [9.17, 15) is 14.0 Å². The van der Waals surface area contributed by atoms with E-state index in [1.165, 1.54) is 30.6 Å². The molecule has 0 bridgehead atoms. The molecule has 2 rings (SSSR count). The predicted molar refractivity (Wildman–Crippen MR) is 70.3 cm³/mol. The molecule has 1 aromatic heterocycles. The molecule has 0 radical (unpaired) electrons. The smallest absolute Gasteiger partial charge is 0.243 e. The van der Waals surface area contributed by atoms with Crippen molar-refractivity contribution < 1.29 is 14.0 Å². The van der Waals surface area contributed by atoms with E-state index in [1.807, 2.05) is 0 Å².